The zero-order valence-corrected chi connectivity index (χ0v) is 35.6. The molecule has 330 valence electrons. The van der Waals surface area contributed by atoms with Gasteiger partial charge in [0.15, 0.2) is 12.6 Å². The number of rotatable bonds is 8. The number of ether oxygens (including phenoxy) is 6. The second kappa shape index (κ2) is 14.1. The van der Waals surface area contributed by atoms with Crippen LogP contribution in [0.4, 0.5) is 0 Å². The van der Waals surface area contributed by atoms with Gasteiger partial charge in [0.1, 0.15) is 42.7 Å². The minimum atomic E-state index is -5.01. The van der Waals surface area contributed by atoms with E-state index < -0.39 is 106 Å². The van der Waals surface area contributed by atoms with Crippen molar-refractivity contribution in [1.82, 2.24) is 0 Å². The molecule has 0 radical (unpaired) electrons. The van der Waals surface area contributed by atoms with Crippen LogP contribution in [0.5, 0.6) is 0 Å². The molecule has 19 atom stereocenters. The molecule has 4 heterocycles. The van der Waals surface area contributed by atoms with E-state index in [4.69, 9.17) is 32.6 Å². The maximum atomic E-state index is 14.2. The molecule has 4 aliphatic heterocycles. The van der Waals surface area contributed by atoms with E-state index in [-0.39, 0.29) is 41.3 Å². The fourth-order valence-electron chi connectivity index (χ4n) is 13.7. The molecule has 8 aliphatic rings. The van der Waals surface area contributed by atoms with E-state index >= 15 is 0 Å². The van der Waals surface area contributed by atoms with Crippen molar-refractivity contribution < 1.29 is 75.9 Å². The highest BCUT2D eigenvalue weighted by molar-refractivity contribution is 7.80. The van der Waals surface area contributed by atoms with Gasteiger partial charge in [0, 0.05) is 11.3 Å². The van der Waals surface area contributed by atoms with Crippen molar-refractivity contribution in [2.45, 2.75) is 192 Å². The van der Waals surface area contributed by atoms with Gasteiger partial charge in [-0.3, -0.25) is 9.35 Å². The molecular weight excluding hydrogens is 781 g/mol. The third kappa shape index (κ3) is 6.42. The number of carbonyl (C=O) groups is 1. The fourth-order valence-corrected chi connectivity index (χ4v) is 14.2. The van der Waals surface area contributed by atoms with E-state index in [9.17, 15) is 43.3 Å². The van der Waals surface area contributed by atoms with Gasteiger partial charge in [-0.2, -0.15) is 8.42 Å². The van der Waals surface area contributed by atoms with Crippen LogP contribution in [0.2, 0.25) is 0 Å². The lowest BCUT2D eigenvalue weighted by molar-refractivity contribution is -0.362. The molecule has 58 heavy (non-hydrogen) atoms. The topological polar surface area (TPSA) is 237 Å². The van der Waals surface area contributed by atoms with Crippen LogP contribution in [0.15, 0.2) is 11.6 Å². The summed E-state index contributed by atoms with van der Waals surface area (Å²) in [4.78, 5) is 14.2. The van der Waals surface area contributed by atoms with Gasteiger partial charge in [0.25, 0.3) is 0 Å². The van der Waals surface area contributed by atoms with Crippen LogP contribution < -0.4 is 0 Å². The molecular formula is C41H64O16S. The Morgan fingerprint density at radius 3 is 2.26 bits per heavy atom. The molecule has 0 aromatic rings. The number of fused-ring (bicyclic) bond motifs is 5. The summed E-state index contributed by atoms with van der Waals surface area (Å²) in [6.45, 7) is 15.6. The first-order valence-electron chi connectivity index (χ1n) is 21.1. The molecule has 4 aliphatic carbocycles. The van der Waals surface area contributed by atoms with E-state index in [0.29, 0.717) is 19.3 Å². The normalized spacial score (nSPS) is 52.7. The van der Waals surface area contributed by atoms with Crippen LogP contribution >= 0.6 is 0 Å². The number of hydrogen-bond donors (Lipinski definition) is 6. The van der Waals surface area contributed by atoms with Gasteiger partial charge < -0.3 is 54.0 Å². The summed E-state index contributed by atoms with van der Waals surface area (Å²) in [5.74, 6) is 0.0724. The predicted molar refractivity (Wildman–Crippen MR) is 202 cm³/mol. The van der Waals surface area contributed by atoms with Crippen LogP contribution in [-0.2, 0) is 47.8 Å². The van der Waals surface area contributed by atoms with Crippen molar-refractivity contribution in [1.29, 1.82) is 0 Å². The second-order valence-electron chi connectivity index (χ2n) is 20.6. The highest BCUT2D eigenvalue weighted by Crippen LogP contribution is 2.77. The Hall–Kier alpha value is -1.32. The molecule has 8 rings (SSSR count). The average Bonchev–Trinajstić information content (AvgIpc) is 3.74. The van der Waals surface area contributed by atoms with Crippen LogP contribution in [0.25, 0.3) is 0 Å². The summed E-state index contributed by atoms with van der Waals surface area (Å²) in [5, 5.41) is 53.7. The van der Waals surface area contributed by atoms with Gasteiger partial charge in [0.2, 0.25) is 0 Å². The molecule has 0 amide bonds. The molecule has 0 aromatic heterocycles. The summed E-state index contributed by atoms with van der Waals surface area (Å²) in [6, 6.07) is 0. The first-order valence-corrected chi connectivity index (χ1v) is 22.4. The monoisotopic (exact) mass is 844 g/mol. The van der Waals surface area contributed by atoms with Crippen molar-refractivity contribution >= 4 is 16.4 Å². The number of aliphatic hydroxyl groups excluding tert-OH is 4. The minimum absolute atomic E-state index is 0.124. The zero-order chi connectivity index (χ0) is 42.3. The molecule has 7 fully saturated rings. The summed E-state index contributed by atoms with van der Waals surface area (Å²) >= 11 is 0. The average molecular weight is 845 g/mol. The highest BCUT2D eigenvalue weighted by Gasteiger charge is 2.79. The molecule has 3 saturated carbocycles. The quantitative estimate of drug-likeness (QED) is 0.117. The molecule has 2 bridgehead atoms. The minimum Gasteiger partial charge on any atom is -0.461 e. The summed E-state index contributed by atoms with van der Waals surface area (Å²) in [7, 11) is -5.01. The number of hydrogen-bond acceptors (Lipinski definition) is 15. The maximum absolute atomic E-state index is 14.2. The third-order valence-electron chi connectivity index (χ3n) is 16.6. The SMILES string of the molecule is C[C@H]1O[C@@H](O[C@H]2[C@H](O[C@H]3CC[C@]4(C)[C@@H]5CC[C@@]67C(=O)O[C@@H](C[C@@]6(C)C5=CC[C@H]4C3(C)C)[C@@H]7[C@@]3(C)CC[C@@H](C(C)(C)O)O3)OC[C@@H](OS(=O)(=O)O)[C@@H]2O)[C@H](O)[C@@H](O)[C@@H]1O. The standard InChI is InChI=1S/C41H64O16S/c1-19-27(42)29(44)30(45)33(52-19)55-31-28(43)23(57-58(48,49)50)18-51-34(31)54-25-12-14-38(6)20-11-16-41-32(40(8)15-13-26(56-40)37(4,5)47)22(53-35(41)46)17-39(41,7)21(20)9-10-24(38)36(25,2)3/h9,19-20,22-34,42-45,47H,10-18H2,1-8H3,(H,48,49,50)/t19-,20-,22+,23-,24+,25+,26+,27-,28+,29+,30-,31-,32-,33+,34+,38-,39+,40-,41-/m1/s1. The smallest absolute Gasteiger partial charge is 0.397 e. The largest absolute Gasteiger partial charge is 0.461 e. The van der Waals surface area contributed by atoms with Gasteiger partial charge in [-0.1, -0.05) is 39.3 Å². The summed E-state index contributed by atoms with van der Waals surface area (Å²) in [5.41, 5.74) is -2.06. The maximum Gasteiger partial charge on any atom is 0.397 e. The first-order chi connectivity index (χ1) is 26.8. The Morgan fingerprint density at radius 1 is 0.897 bits per heavy atom. The number of aliphatic hydroxyl groups is 5. The second-order valence-corrected chi connectivity index (χ2v) is 21.7. The van der Waals surface area contributed by atoms with Gasteiger partial charge in [-0.15, -0.1) is 0 Å². The lowest BCUT2D eigenvalue weighted by atomic mass is 9.40. The molecule has 6 N–H and O–H groups in total. The predicted octanol–water partition coefficient (Wildman–Crippen LogP) is 2.32. The van der Waals surface area contributed by atoms with Crippen molar-refractivity contribution in [2.24, 2.45) is 39.4 Å². The van der Waals surface area contributed by atoms with Gasteiger partial charge in [0.05, 0.1) is 41.5 Å². The molecule has 16 nitrogen and oxygen atoms in total. The van der Waals surface area contributed by atoms with E-state index in [1.807, 2.05) is 0 Å². The highest BCUT2D eigenvalue weighted by atomic mass is 32.3. The van der Waals surface area contributed by atoms with E-state index in [1.54, 1.807) is 13.8 Å². The molecule has 0 unspecified atom stereocenters. The van der Waals surface area contributed by atoms with Crippen LogP contribution in [0, 0.1) is 39.4 Å². The molecule has 4 saturated heterocycles. The summed E-state index contributed by atoms with van der Waals surface area (Å²) < 4.78 is 74.7. The Labute approximate surface area is 340 Å². The molecule has 1 spiro atoms. The van der Waals surface area contributed by atoms with Gasteiger partial charge >= 0.3 is 16.4 Å². The molecule has 0 aromatic carbocycles. The zero-order valence-electron chi connectivity index (χ0n) is 34.8. The fraction of sp³-hybridized carbons (Fsp3) is 0.927. The molecule has 17 heteroatoms. The third-order valence-corrected chi connectivity index (χ3v) is 17.1. The Bertz CT molecular complexity index is 1760. The number of allylic oxidation sites excluding steroid dienone is 2. The van der Waals surface area contributed by atoms with Crippen molar-refractivity contribution in [3.8, 4) is 0 Å². The van der Waals surface area contributed by atoms with Crippen molar-refractivity contribution in [2.75, 3.05) is 6.61 Å². The Balaban J connectivity index is 1.04. The Kier molecular flexibility index (Phi) is 10.5. The van der Waals surface area contributed by atoms with Crippen molar-refractivity contribution in [3.63, 3.8) is 0 Å². The van der Waals surface area contributed by atoms with E-state index in [0.717, 1.165) is 32.1 Å². The van der Waals surface area contributed by atoms with Crippen LogP contribution in [0.3, 0.4) is 0 Å². The van der Waals surface area contributed by atoms with Crippen LogP contribution in [-0.4, -0.2) is 136 Å². The number of esters is 1. The van der Waals surface area contributed by atoms with Gasteiger partial charge in [-0.05, 0) is 102 Å². The lowest BCUT2D eigenvalue weighted by Crippen LogP contribution is -2.64. The Morgan fingerprint density at radius 2 is 1.60 bits per heavy atom. The first kappa shape index (κ1) is 43.3. The lowest BCUT2D eigenvalue weighted by Gasteiger charge is -2.64. The summed E-state index contributed by atoms with van der Waals surface area (Å²) in [6.07, 6.45) is -6.37. The number of carbonyl (C=O) groups excluding carboxylic acids is 1. The van der Waals surface area contributed by atoms with Crippen LogP contribution in [0.1, 0.15) is 107 Å². The van der Waals surface area contributed by atoms with E-state index in [2.05, 4.69) is 40.7 Å². The van der Waals surface area contributed by atoms with E-state index in [1.165, 1.54) is 12.5 Å². The van der Waals surface area contributed by atoms with Crippen molar-refractivity contribution in [3.05, 3.63) is 11.6 Å². The van der Waals surface area contributed by atoms with Gasteiger partial charge in [-0.25, -0.2) is 4.18 Å².